The predicted molar refractivity (Wildman–Crippen MR) is 124 cm³/mol. The van der Waals surface area contributed by atoms with Gasteiger partial charge in [0.1, 0.15) is 5.75 Å². The maximum absolute atomic E-state index is 12.6. The van der Waals surface area contributed by atoms with E-state index in [1.807, 2.05) is 24.3 Å². The summed E-state index contributed by atoms with van der Waals surface area (Å²) in [6.45, 7) is 2.41. The molecule has 2 heterocycles. The van der Waals surface area contributed by atoms with Gasteiger partial charge in [0.15, 0.2) is 5.82 Å². The van der Waals surface area contributed by atoms with Gasteiger partial charge in [-0.2, -0.15) is 5.26 Å². The van der Waals surface area contributed by atoms with Crippen molar-refractivity contribution < 1.29 is 14.3 Å². The van der Waals surface area contributed by atoms with Gasteiger partial charge in [0.05, 0.1) is 36.9 Å². The van der Waals surface area contributed by atoms with Gasteiger partial charge in [-0.05, 0) is 36.6 Å². The van der Waals surface area contributed by atoms with E-state index in [1.54, 1.807) is 25.3 Å². The number of carbonyl (C=O) groups excluding carboxylic acids is 1. The molecular formula is C24H26N6O3. The van der Waals surface area contributed by atoms with Gasteiger partial charge in [0.25, 0.3) is 5.88 Å². The molecule has 1 fully saturated rings. The SMILES string of the molecule is COc1ccc2nc(OC)c(NC(=O)NC3CCN(Cc4ccccc4C#N)CC3)nc2c1. The minimum Gasteiger partial charge on any atom is -0.497 e. The summed E-state index contributed by atoms with van der Waals surface area (Å²) in [7, 11) is 3.07. The average Bonchev–Trinajstić information content (AvgIpc) is 2.84. The smallest absolute Gasteiger partial charge is 0.320 e. The number of carbonyl (C=O) groups is 1. The van der Waals surface area contributed by atoms with Crippen LogP contribution in [0.1, 0.15) is 24.0 Å². The fourth-order valence-electron chi connectivity index (χ4n) is 3.94. The summed E-state index contributed by atoms with van der Waals surface area (Å²) in [6.07, 6.45) is 1.64. The summed E-state index contributed by atoms with van der Waals surface area (Å²) in [4.78, 5) is 23.9. The molecule has 0 atom stereocenters. The number of nitrogens with zero attached hydrogens (tertiary/aromatic N) is 4. The summed E-state index contributed by atoms with van der Waals surface area (Å²) in [5.74, 6) is 1.15. The molecular weight excluding hydrogens is 420 g/mol. The molecule has 2 N–H and O–H groups in total. The van der Waals surface area contributed by atoms with Gasteiger partial charge < -0.3 is 14.8 Å². The lowest BCUT2D eigenvalue weighted by atomic mass is 10.0. The van der Waals surface area contributed by atoms with Gasteiger partial charge in [0.2, 0.25) is 0 Å². The Morgan fingerprint density at radius 2 is 1.91 bits per heavy atom. The molecule has 0 saturated carbocycles. The molecule has 33 heavy (non-hydrogen) atoms. The fourth-order valence-corrected chi connectivity index (χ4v) is 3.94. The highest BCUT2D eigenvalue weighted by Gasteiger charge is 2.22. The normalized spacial score (nSPS) is 14.5. The zero-order valence-electron chi connectivity index (χ0n) is 18.7. The molecule has 1 aromatic heterocycles. The molecule has 0 bridgehead atoms. The zero-order valence-corrected chi connectivity index (χ0v) is 18.7. The molecule has 170 valence electrons. The number of nitriles is 1. The first-order valence-electron chi connectivity index (χ1n) is 10.8. The van der Waals surface area contributed by atoms with E-state index in [2.05, 4.69) is 31.6 Å². The highest BCUT2D eigenvalue weighted by Crippen LogP contribution is 2.26. The molecule has 1 saturated heterocycles. The van der Waals surface area contributed by atoms with Crippen molar-refractivity contribution >= 4 is 22.9 Å². The summed E-state index contributed by atoms with van der Waals surface area (Å²) in [5.41, 5.74) is 2.98. The molecule has 0 radical (unpaired) electrons. The third kappa shape index (κ3) is 5.30. The second-order valence-corrected chi connectivity index (χ2v) is 7.85. The quantitative estimate of drug-likeness (QED) is 0.597. The van der Waals surface area contributed by atoms with Crippen molar-refractivity contribution in [3.05, 3.63) is 53.6 Å². The summed E-state index contributed by atoms with van der Waals surface area (Å²) in [6, 6.07) is 14.9. The number of amides is 2. The van der Waals surface area contributed by atoms with E-state index in [4.69, 9.17) is 9.47 Å². The molecule has 2 amide bonds. The van der Waals surface area contributed by atoms with Crippen LogP contribution in [-0.2, 0) is 6.54 Å². The Bertz CT molecular complexity index is 1180. The van der Waals surface area contributed by atoms with Crippen LogP contribution in [0, 0.1) is 11.3 Å². The van der Waals surface area contributed by atoms with E-state index in [1.165, 1.54) is 7.11 Å². The van der Waals surface area contributed by atoms with Crippen LogP contribution >= 0.6 is 0 Å². The number of fused-ring (bicyclic) bond motifs is 1. The van der Waals surface area contributed by atoms with Gasteiger partial charge >= 0.3 is 6.03 Å². The number of nitrogens with one attached hydrogen (secondary N) is 2. The lowest BCUT2D eigenvalue weighted by molar-refractivity contribution is 0.189. The predicted octanol–water partition coefficient (Wildman–Crippen LogP) is 3.30. The van der Waals surface area contributed by atoms with Crippen molar-refractivity contribution in [2.45, 2.75) is 25.4 Å². The highest BCUT2D eigenvalue weighted by molar-refractivity contribution is 5.91. The third-order valence-electron chi connectivity index (χ3n) is 5.72. The first-order valence-corrected chi connectivity index (χ1v) is 10.8. The molecule has 9 nitrogen and oxygen atoms in total. The maximum atomic E-state index is 12.6. The van der Waals surface area contributed by atoms with E-state index < -0.39 is 0 Å². The number of rotatable bonds is 6. The van der Waals surface area contributed by atoms with Crippen molar-refractivity contribution in [1.82, 2.24) is 20.2 Å². The minimum atomic E-state index is -0.349. The van der Waals surface area contributed by atoms with Gasteiger partial charge in [-0.1, -0.05) is 18.2 Å². The fraction of sp³-hybridized carbons (Fsp3) is 0.333. The molecule has 1 aliphatic rings. The largest absolute Gasteiger partial charge is 0.497 e. The van der Waals surface area contributed by atoms with Crippen LogP contribution in [0.2, 0.25) is 0 Å². The first kappa shape index (κ1) is 22.3. The molecule has 0 aliphatic carbocycles. The Labute approximate surface area is 192 Å². The van der Waals surface area contributed by atoms with Gasteiger partial charge in [-0.25, -0.2) is 14.8 Å². The molecule has 0 unspecified atom stereocenters. The van der Waals surface area contributed by atoms with E-state index >= 15 is 0 Å². The number of hydrogen-bond donors (Lipinski definition) is 2. The van der Waals surface area contributed by atoms with E-state index in [0.717, 1.165) is 38.0 Å². The number of likely N-dealkylation sites (tertiary alicyclic amines) is 1. The third-order valence-corrected chi connectivity index (χ3v) is 5.72. The number of methoxy groups -OCH3 is 2. The zero-order chi connectivity index (χ0) is 23.2. The van der Waals surface area contributed by atoms with Crippen LogP contribution in [0.3, 0.4) is 0 Å². The van der Waals surface area contributed by atoms with Crippen molar-refractivity contribution in [1.29, 1.82) is 5.26 Å². The number of urea groups is 1. The van der Waals surface area contributed by atoms with Crippen molar-refractivity contribution in [3.8, 4) is 17.7 Å². The standard InChI is InChI=1S/C24H26N6O3/c1-32-19-7-8-20-21(13-19)27-22(23(28-20)33-2)29-24(31)26-18-9-11-30(12-10-18)15-17-6-4-3-5-16(17)14-25/h3-8,13,18H,9-12,15H2,1-2H3,(H2,26,27,29,31). The lowest BCUT2D eigenvalue weighted by Crippen LogP contribution is -2.45. The van der Waals surface area contributed by atoms with Crippen LogP contribution in [0.15, 0.2) is 42.5 Å². The Morgan fingerprint density at radius 1 is 1.12 bits per heavy atom. The van der Waals surface area contributed by atoms with Crippen LogP contribution in [0.25, 0.3) is 11.0 Å². The second kappa shape index (κ2) is 10.1. The van der Waals surface area contributed by atoms with Crippen molar-refractivity contribution in [2.75, 3.05) is 32.6 Å². The number of piperidine rings is 1. The van der Waals surface area contributed by atoms with Crippen molar-refractivity contribution in [2.24, 2.45) is 0 Å². The second-order valence-electron chi connectivity index (χ2n) is 7.85. The number of benzene rings is 2. The lowest BCUT2D eigenvalue weighted by Gasteiger charge is -2.32. The van der Waals surface area contributed by atoms with Crippen LogP contribution < -0.4 is 20.1 Å². The summed E-state index contributed by atoms with van der Waals surface area (Å²) < 4.78 is 10.6. The molecule has 3 aromatic rings. The topological polar surface area (TPSA) is 112 Å². The van der Waals surface area contributed by atoms with Crippen molar-refractivity contribution in [3.63, 3.8) is 0 Å². The Hall–Kier alpha value is -3.90. The Balaban J connectivity index is 1.35. The number of ether oxygens (including phenoxy) is 2. The Kier molecular flexibility index (Phi) is 6.86. The minimum absolute atomic E-state index is 0.0481. The van der Waals surface area contributed by atoms with Gasteiger partial charge in [-0.3, -0.25) is 10.2 Å². The Morgan fingerprint density at radius 3 is 2.64 bits per heavy atom. The van der Waals surface area contributed by atoms with Crippen LogP contribution in [-0.4, -0.2) is 54.2 Å². The van der Waals surface area contributed by atoms with Gasteiger partial charge in [0, 0.05) is 31.7 Å². The van der Waals surface area contributed by atoms with E-state index in [-0.39, 0.29) is 23.8 Å². The highest BCUT2D eigenvalue weighted by atomic mass is 16.5. The van der Waals surface area contributed by atoms with E-state index in [0.29, 0.717) is 22.3 Å². The number of aromatic nitrogens is 2. The van der Waals surface area contributed by atoms with E-state index in [9.17, 15) is 10.1 Å². The molecule has 2 aromatic carbocycles. The van der Waals surface area contributed by atoms with Crippen LogP contribution in [0.4, 0.5) is 10.6 Å². The monoisotopic (exact) mass is 446 g/mol. The summed E-state index contributed by atoms with van der Waals surface area (Å²) >= 11 is 0. The summed E-state index contributed by atoms with van der Waals surface area (Å²) in [5, 5.41) is 15.1. The molecule has 1 aliphatic heterocycles. The first-order chi connectivity index (χ1) is 16.1. The molecule has 0 spiro atoms. The number of hydrogen-bond acceptors (Lipinski definition) is 7. The van der Waals surface area contributed by atoms with Crippen LogP contribution in [0.5, 0.6) is 11.6 Å². The van der Waals surface area contributed by atoms with Gasteiger partial charge in [-0.15, -0.1) is 0 Å². The molecule has 4 rings (SSSR count). The molecule has 9 heteroatoms. The average molecular weight is 447 g/mol. The number of anilines is 1. The maximum Gasteiger partial charge on any atom is 0.320 e.